The van der Waals surface area contributed by atoms with Crippen molar-refractivity contribution < 1.29 is 14.7 Å². The average Bonchev–Trinajstić information content (AvgIpc) is 2.56. The van der Waals surface area contributed by atoms with Crippen LogP contribution in [0.2, 0.25) is 0 Å². The van der Waals surface area contributed by atoms with Gasteiger partial charge in [-0.25, -0.2) is 0 Å². The van der Waals surface area contributed by atoms with E-state index in [1.807, 2.05) is 12.1 Å². The molecule has 2 rings (SSSR count). The first kappa shape index (κ1) is 17.2. The van der Waals surface area contributed by atoms with Crippen LogP contribution >= 0.6 is 0 Å². The third-order valence-electron chi connectivity index (χ3n) is 3.54. The minimum Gasteiger partial charge on any atom is -0.507 e. The Morgan fingerprint density at radius 2 is 2.00 bits per heavy atom. The number of aromatic hydroxyl groups is 1. The first-order chi connectivity index (χ1) is 11.4. The highest BCUT2D eigenvalue weighted by Gasteiger charge is 2.16. The normalized spacial score (nSPS) is 11.3. The number of hydrogen-bond acceptors (Lipinski definition) is 5. The second-order valence-corrected chi connectivity index (χ2v) is 5.19. The fourth-order valence-corrected chi connectivity index (χ4v) is 2.15. The van der Waals surface area contributed by atoms with Crippen molar-refractivity contribution in [3.05, 3.63) is 69.1 Å². The molecule has 6 heteroatoms. The number of rotatable bonds is 5. The maximum absolute atomic E-state index is 12.3. The molecular formula is C18H18N2O4. The molecular weight excluding hydrogens is 308 g/mol. The zero-order chi connectivity index (χ0) is 17.7. The number of oxime groups is 1. The monoisotopic (exact) mass is 326 g/mol. The molecule has 0 aliphatic heterocycles. The number of benzene rings is 1. The van der Waals surface area contributed by atoms with Crippen molar-refractivity contribution in [2.45, 2.75) is 6.92 Å². The second kappa shape index (κ2) is 7.41. The van der Waals surface area contributed by atoms with Crippen LogP contribution in [0.3, 0.4) is 0 Å². The van der Waals surface area contributed by atoms with E-state index in [2.05, 4.69) is 9.99 Å². The van der Waals surface area contributed by atoms with Crippen LogP contribution < -0.4 is 5.56 Å². The van der Waals surface area contributed by atoms with Crippen molar-refractivity contribution in [2.24, 2.45) is 12.2 Å². The maximum Gasteiger partial charge on any atom is 0.265 e. The molecule has 0 unspecified atom stereocenters. The van der Waals surface area contributed by atoms with E-state index in [0.717, 1.165) is 11.1 Å². The Kier molecular flexibility index (Phi) is 5.31. The molecule has 1 aromatic carbocycles. The summed E-state index contributed by atoms with van der Waals surface area (Å²) in [5.41, 5.74) is 1.37. The van der Waals surface area contributed by atoms with Gasteiger partial charge < -0.3 is 14.5 Å². The molecule has 0 atom stereocenters. The van der Waals surface area contributed by atoms with Crippen LogP contribution in [0.25, 0.3) is 6.08 Å². The predicted octanol–water partition coefficient (Wildman–Crippen LogP) is 2.28. The Morgan fingerprint density at radius 3 is 2.71 bits per heavy atom. The quantitative estimate of drug-likeness (QED) is 0.395. The van der Waals surface area contributed by atoms with Gasteiger partial charge in [-0.3, -0.25) is 9.59 Å². The lowest BCUT2D eigenvalue weighted by Crippen LogP contribution is -2.25. The topological polar surface area (TPSA) is 80.9 Å². The fourth-order valence-electron chi connectivity index (χ4n) is 2.15. The number of allylic oxidation sites excluding steroid dienone is 1. The van der Waals surface area contributed by atoms with E-state index in [4.69, 9.17) is 0 Å². The van der Waals surface area contributed by atoms with Gasteiger partial charge in [0.15, 0.2) is 5.78 Å². The molecule has 1 aromatic heterocycles. The molecule has 1 N–H and O–H groups in total. The molecule has 2 aromatic rings. The van der Waals surface area contributed by atoms with E-state index < -0.39 is 11.3 Å². The molecule has 0 amide bonds. The highest BCUT2D eigenvalue weighted by atomic mass is 16.6. The van der Waals surface area contributed by atoms with E-state index in [1.54, 1.807) is 38.4 Å². The van der Waals surface area contributed by atoms with E-state index in [1.165, 1.54) is 23.8 Å². The highest BCUT2D eigenvalue weighted by Crippen LogP contribution is 2.16. The zero-order valence-corrected chi connectivity index (χ0v) is 13.7. The van der Waals surface area contributed by atoms with Gasteiger partial charge in [-0.1, -0.05) is 29.4 Å². The van der Waals surface area contributed by atoms with Gasteiger partial charge in [0.05, 0.1) is 6.21 Å². The number of aryl methyl sites for hydroxylation is 1. The average molecular weight is 326 g/mol. The molecule has 0 saturated carbocycles. The number of carbonyl (C=O) groups excluding carboxylic acids is 1. The Labute approximate surface area is 139 Å². The number of carbonyl (C=O) groups is 1. The minimum atomic E-state index is -0.552. The molecule has 0 bridgehead atoms. The highest BCUT2D eigenvalue weighted by molar-refractivity contribution is 6.08. The Hall–Kier alpha value is -3.15. The molecule has 0 radical (unpaired) electrons. The van der Waals surface area contributed by atoms with Crippen LogP contribution in [-0.2, 0) is 11.9 Å². The number of hydrogen-bond donors (Lipinski definition) is 1. The van der Waals surface area contributed by atoms with Crippen LogP contribution in [0.15, 0.2) is 46.4 Å². The first-order valence-electron chi connectivity index (χ1n) is 7.22. The van der Waals surface area contributed by atoms with Crippen LogP contribution in [0, 0.1) is 6.92 Å². The van der Waals surface area contributed by atoms with Crippen LogP contribution in [0.1, 0.15) is 27.2 Å². The third kappa shape index (κ3) is 3.78. The van der Waals surface area contributed by atoms with Gasteiger partial charge in [0.2, 0.25) is 0 Å². The second-order valence-electron chi connectivity index (χ2n) is 5.19. The first-order valence-corrected chi connectivity index (χ1v) is 7.22. The summed E-state index contributed by atoms with van der Waals surface area (Å²) in [6.07, 6.45) is 4.38. The Bertz CT molecular complexity index is 879. The van der Waals surface area contributed by atoms with Gasteiger partial charge in [-0.15, -0.1) is 0 Å². The van der Waals surface area contributed by atoms with E-state index >= 15 is 0 Å². The van der Waals surface area contributed by atoms with E-state index in [-0.39, 0.29) is 11.3 Å². The van der Waals surface area contributed by atoms with Crippen molar-refractivity contribution in [1.29, 1.82) is 0 Å². The maximum atomic E-state index is 12.3. The van der Waals surface area contributed by atoms with E-state index in [9.17, 15) is 14.7 Å². The number of aromatic nitrogens is 1. The van der Waals surface area contributed by atoms with Gasteiger partial charge in [0.25, 0.3) is 5.56 Å². The molecule has 24 heavy (non-hydrogen) atoms. The smallest absolute Gasteiger partial charge is 0.265 e. The molecule has 0 aliphatic rings. The molecule has 1 heterocycles. The molecule has 0 aliphatic carbocycles. The van der Waals surface area contributed by atoms with Crippen molar-refractivity contribution in [2.75, 3.05) is 7.11 Å². The zero-order valence-electron chi connectivity index (χ0n) is 13.7. The van der Waals surface area contributed by atoms with Crippen molar-refractivity contribution in [3.8, 4) is 5.75 Å². The SMILES string of the molecule is CON=Cc1cccc(C=CC(=O)c2c(O)cc(C)n(C)c2=O)c1. The number of pyridine rings is 1. The van der Waals surface area contributed by atoms with Crippen LogP contribution in [0.4, 0.5) is 0 Å². The number of nitrogens with zero attached hydrogens (tertiary/aromatic N) is 2. The lowest BCUT2D eigenvalue weighted by atomic mass is 10.1. The summed E-state index contributed by atoms with van der Waals surface area (Å²) < 4.78 is 1.32. The van der Waals surface area contributed by atoms with Crippen LogP contribution in [-0.4, -0.2) is 28.8 Å². The Morgan fingerprint density at radius 1 is 1.29 bits per heavy atom. The summed E-state index contributed by atoms with van der Waals surface area (Å²) in [5.74, 6) is -0.865. The third-order valence-corrected chi connectivity index (χ3v) is 3.54. The van der Waals surface area contributed by atoms with Crippen molar-refractivity contribution in [3.63, 3.8) is 0 Å². The summed E-state index contributed by atoms with van der Waals surface area (Å²) >= 11 is 0. The lowest BCUT2D eigenvalue weighted by molar-refractivity contribution is 0.104. The minimum absolute atomic E-state index is 0.239. The van der Waals surface area contributed by atoms with Gasteiger partial charge in [0, 0.05) is 18.8 Å². The molecule has 6 nitrogen and oxygen atoms in total. The standard InChI is InChI=1S/C18H18N2O4/c1-12-9-16(22)17(18(23)20(12)2)15(21)8-7-13-5-4-6-14(10-13)11-19-24-3/h4-11,22H,1-3H3. The molecule has 0 saturated heterocycles. The summed E-state index contributed by atoms with van der Waals surface area (Å²) in [4.78, 5) is 29.0. The van der Waals surface area contributed by atoms with Crippen molar-refractivity contribution in [1.82, 2.24) is 4.57 Å². The molecule has 0 fully saturated rings. The summed E-state index contributed by atoms with van der Waals surface area (Å²) in [6.45, 7) is 1.68. The lowest BCUT2D eigenvalue weighted by Gasteiger charge is -2.07. The van der Waals surface area contributed by atoms with Gasteiger partial charge in [0.1, 0.15) is 18.4 Å². The largest absolute Gasteiger partial charge is 0.507 e. The Balaban J connectivity index is 2.31. The summed E-state index contributed by atoms with van der Waals surface area (Å²) in [5, 5.41) is 13.6. The molecule has 124 valence electrons. The predicted molar refractivity (Wildman–Crippen MR) is 92.5 cm³/mol. The number of ketones is 1. The summed E-state index contributed by atoms with van der Waals surface area (Å²) in [6, 6.07) is 8.65. The van der Waals surface area contributed by atoms with E-state index in [0.29, 0.717) is 5.69 Å². The van der Waals surface area contributed by atoms with Gasteiger partial charge >= 0.3 is 0 Å². The van der Waals surface area contributed by atoms with Gasteiger partial charge in [-0.2, -0.15) is 0 Å². The van der Waals surface area contributed by atoms with Crippen LogP contribution in [0.5, 0.6) is 5.75 Å². The fraction of sp³-hybridized carbons (Fsp3) is 0.167. The summed E-state index contributed by atoms with van der Waals surface area (Å²) in [7, 11) is 3.00. The molecule has 0 spiro atoms. The van der Waals surface area contributed by atoms with Gasteiger partial charge in [-0.05, 0) is 30.2 Å². The van der Waals surface area contributed by atoms with Crippen molar-refractivity contribution >= 4 is 18.1 Å².